The molecule has 146 valence electrons. The van der Waals surface area contributed by atoms with Crippen LogP contribution < -0.4 is 0 Å². The monoisotopic (exact) mass is 395 g/mol. The van der Waals surface area contributed by atoms with E-state index in [-0.39, 0.29) is 5.91 Å². The Morgan fingerprint density at radius 2 is 1.75 bits per heavy atom. The number of carbonyl (C=O) groups is 1. The number of nitrogens with zero attached hydrogens (tertiary/aromatic N) is 3. The molecule has 0 radical (unpaired) electrons. The number of hydrogen-bond acceptors (Lipinski definition) is 5. The fourth-order valence-corrected chi connectivity index (χ4v) is 3.63. The molecule has 0 saturated carbocycles. The summed E-state index contributed by atoms with van der Waals surface area (Å²) < 4.78 is 5.46. The van der Waals surface area contributed by atoms with E-state index in [4.69, 9.17) is 4.42 Å². The lowest BCUT2D eigenvalue weighted by Crippen LogP contribution is -2.30. The van der Waals surface area contributed by atoms with Crippen LogP contribution in [0.2, 0.25) is 0 Å². The van der Waals surface area contributed by atoms with E-state index >= 15 is 0 Å². The molecule has 2 aromatic heterocycles. The van der Waals surface area contributed by atoms with E-state index in [1.807, 2.05) is 67.5 Å². The lowest BCUT2D eigenvalue weighted by molar-refractivity contribution is -0.132. The maximum atomic E-state index is 13.0. The van der Waals surface area contributed by atoms with Gasteiger partial charge in [0.15, 0.2) is 5.16 Å². The minimum absolute atomic E-state index is 0.0907. The summed E-state index contributed by atoms with van der Waals surface area (Å²) in [4.78, 5) is 23.9. The highest BCUT2D eigenvalue weighted by Crippen LogP contribution is 2.19. The number of aromatic nitrogens is 2. The van der Waals surface area contributed by atoms with Gasteiger partial charge >= 0.3 is 0 Å². The van der Waals surface area contributed by atoms with Crippen LogP contribution in [0.1, 0.15) is 34.7 Å². The Bertz CT molecular complexity index is 888. The molecule has 0 aliphatic rings. The zero-order valence-corrected chi connectivity index (χ0v) is 17.3. The highest BCUT2D eigenvalue weighted by Gasteiger charge is 2.18. The molecule has 2 heterocycles. The first-order chi connectivity index (χ1) is 13.6. The molecule has 5 nitrogen and oxygen atoms in total. The summed E-state index contributed by atoms with van der Waals surface area (Å²) in [5.41, 5.74) is 4.06. The standard InChI is InChI=1S/C22H25N3O2S/c1-16-20(17(2)24-22(23-16)28-3)11-12-21(26)25(15-19-10-7-13-27-19)14-18-8-5-4-6-9-18/h4-10,13H,11-12,14-15H2,1-3H3. The zero-order valence-electron chi connectivity index (χ0n) is 16.5. The summed E-state index contributed by atoms with van der Waals surface area (Å²) >= 11 is 1.53. The highest BCUT2D eigenvalue weighted by atomic mass is 32.2. The molecule has 0 unspecified atom stereocenters. The van der Waals surface area contributed by atoms with E-state index in [0.717, 1.165) is 33.4 Å². The van der Waals surface area contributed by atoms with Crippen LogP contribution in [0.25, 0.3) is 0 Å². The van der Waals surface area contributed by atoms with Crippen LogP contribution in [0.15, 0.2) is 58.3 Å². The first-order valence-electron chi connectivity index (χ1n) is 9.29. The van der Waals surface area contributed by atoms with Crippen molar-refractivity contribution in [1.82, 2.24) is 14.9 Å². The fraction of sp³-hybridized carbons (Fsp3) is 0.318. The summed E-state index contributed by atoms with van der Waals surface area (Å²) in [6.45, 7) is 4.98. The number of benzene rings is 1. The normalized spacial score (nSPS) is 10.8. The third kappa shape index (κ3) is 5.23. The van der Waals surface area contributed by atoms with Crippen molar-refractivity contribution in [2.24, 2.45) is 0 Å². The minimum Gasteiger partial charge on any atom is -0.467 e. The van der Waals surface area contributed by atoms with Gasteiger partial charge < -0.3 is 9.32 Å². The van der Waals surface area contributed by atoms with Gasteiger partial charge in [0.2, 0.25) is 5.91 Å². The molecule has 0 spiro atoms. The second-order valence-corrected chi connectivity index (χ2v) is 7.45. The summed E-state index contributed by atoms with van der Waals surface area (Å²) in [5, 5.41) is 0.772. The molecule has 0 fully saturated rings. The van der Waals surface area contributed by atoms with Gasteiger partial charge in [-0.1, -0.05) is 42.1 Å². The van der Waals surface area contributed by atoms with Crippen LogP contribution in [-0.2, 0) is 24.3 Å². The average molecular weight is 396 g/mol. The Balaban J connectivity index is 1.72. The highest BCUT2D eigenvalue weighted by molar-refractivity contribution is 7.98. The SMILES string of the molecule is CSc1nc(C)c(CCC(=O)N(Cc2ccccc2)Cc2ccco2)c(C)n1. The van der Waals surface area contributed by atoms with Crippen LogP contribution in [0.5, 0.6) is 0 Å². The molecule has 0 N–H and O–H groups in total. The summed E-state index contributed by atoms with van der Waals surface area (Å²) in [5.74, 6) is 0.872. The van der Waals surface area contributed by atoms with Gasteiger partial charge in [0.25, 0.3) is 0 Å². The van der Waals surface area contributed by atoms with Crippen LogP contribution in [0.4, 0.5) is 0 Å². The maximum Gasteiger partial charge on any atom is 0.223 e. The molecular formula is C22H25N3O2S. The molecule has 0 saturated heterocycles. The predicted octanol–water partition coefficient (Wildman–Crippen LogP) is 4.57. The van der Waals surface area contributed by atoms with Crippen LogP contribution in [0, 0.1) is 13.8 Å². The zero-order chi connectivity index (χ0) is 19.9. The molecule has 3 aromatic rings. The average Bonchev–Trinajstić information content (AvgIpc) is 3.20. The van der Waals surface area contributed by atoms with E-state index < -0.39 is 0 Å². The lowest BCUT2D eigenvalue weighted by atomic mass is 10.1. The second-order valence-electron chi connectivity index (χ2n) is 6.67. The van der Waals surface area contributed by atoms with Crippen molar-refractivity contribution in [1.29, 1.82) is 0 Å². The number of thioether (sulfide) groups is 1. The minimum atomic E-state index is 0.0907. The van der Waals surface area contributed by atoms with E-state index in [9.17, 15) is 4.79 Å². The van der Waals surface area contributed by atoms with E-state index in [2.05, 4.69) is 9.97 Å². The molecule has 6 heteroatoms. The Morgan fingerprint density at radius 1 is 1.04 bits per heavy atom. The van der Waals surface area contributed by atoms with Gasteiger partial charge in [-0.05, 0) is 49.8 Å². The number of furan rings is 1. The van der Waals surface area contributed by atoms with Crippen LogP contribution in [0.3, 0.4) is 0 Å². The quantitative estimate of drug-likeness (QED) is 0.413. The Hall–Kier alpha value is -2.60. The third-order valence-electron chi connectivity index (χ3n) is 4.67. The molecule has 0 bridgehead atoms. The van der Waals surface area contributed by atoms with Gasteiger partial charge in [0, 0.05) is 24.4 Å². The molecule has 0 atom stereocenters. The van der Waals surface area contributed by atoms with E-state index in [1.54, 1.807) is 6.26 Å². The first kappa shape index (κ1) is 20.1. The van der Waals surface area contributed by atoms with Crippen molar-refractivity contribution in [3.8, 4) is 0 Å². The van der Waals surface area contributed by atoms with Crippen molar-refractivity contribution in [3.05, 3.63) is 77.0 Å². The number of aryl methyl sites for hydroxylation is 2. The number of hydrogen-bond donors (Lipinski definition) is 0. The van der Waals surface area contributed by atoms with Crippen LogP contribution in [-0.4, -0.2) is 27.0 Å². The van der Waals surface area contributed by atoms with Crippen molar-refractivity contribution < 1.29 is 9.21 Å². The number of rotatable bonds is 8. The number of carbonyl (C=O) groups excluding carboxylic acids is 1. The molecule has 1 amide bonds. The lowest BCUT2D eigenvalue weighted by Gasteiger charge is -2.22. The number of amides is 1. The summed E-state index contributed by atoms with van der Waals surface area (Å²) in [6, 6.07) is 13.8. The molecule has 3 rings (SSSR count). The molecule has 1 aromatic carbocycles. The smallest absolute Gasteiger partial charge is 0.223 e. The summed E-state index contributed by atoms with van der Waals surface area (Å²) in [6.07, 6.45) is 4.65. The van der Waals surface area contributed by atoms with Gasteiger partial charge in [0.1, 0.15) is 5.76 Å². The van der Waals surface area contributed by atoms with Crippen molar-refractivity contribution in [3.63, 3.8) is 0 Å². The topological polar surface area (TPSA) is 59.2 Å². The van der Waals surface area contributed by atoms with Gasteiger partial charge in [-0.3, -0.25) is 4.79 Å². The second kappa shape index (κ2) is 9.55. The van der Waals surface area contributed by atoms with Gasteiger partial charge in [-0.2, -0.15) is 0 Å². The van der Waals surface area contributed by atoms with Gasteiger partial charge in [-0.25, -0.2) is 9.97 Å². The third-order valence-corrected chi connectivity index (χ3v) is 5.22. The Morgan fingerprint density at radius 3 is 2.36 bits per heavy atom. The molecule has 0 aliphatic heterocycles. The molecule has 28 heavy (non-hydrogen) atoms. The Kier molecular flexibility index (Phi) is 6.87. The largest absolute Gasteiger partial charge is 0.467 e. The predicted molar refractivity (Wildman–Crippen MR) is 111 cm³/mol. The Labute approximate surface area is 170 Å². The van der Waals surface area contributed by atoms with Gasteiger partial charge in [-0.15, -0.1) is 0 Å². The van der Waals surface area contributed by atoms with Crippen molar-refractivity contribution in [2.45, 2.75) is 44.9 Å². The van der Waals surface area contributed by atoms with Crippen LogP contribution >= 0.6 is 11.8 Å². The van der Waals surface area contributed by atoms with E-state index in [0.29, 0.717) is 25.9 Å². The summed E-state index contributed by atoms with van der Waals surface area (Å²) in [7, 11) is 0. The molecule has 0 aliphatic carbocycles. The van der Waals surface area contributed by atoms with Crippen molar-refractivity contribution >= 4 is 17.7 Å². The van der Waals surface area contributed by atoms with E-state index in [1.165, 1.54) is 11.8 Å². The molecular weight excluding hydrogens is 370 g/mol. The first-order valence-corrected chi connectivity index (χ1v) is 10.5. The van der Waals surface area contributed by atoms with Crippen molar-refractivity contribution in [2.75, 3.05) is 6.26 Å². The fourth-order valence-electron chi connectivity index (χ4n) is 3.18. The van der Waals surface area contributed by atoms with Gasteiger partial charge in [0.05, 0.1) is 12.8 Å². The maximum absolute atomic E-state index is 13.0.